The molecule has 0 amide bonds. The minimum Gasteiger partial charge on any atom is -0.489 e. The molecule has 0 heterocycles. The number of carboxylic acids is 1. The van der Waals surface area contributed by atoms with E-state index in [0.29, 0.717) is 18.6 Å². The van der Waals surface area contributed by atoms with Crippen LogP contribution in [0.15, 0.2) is 78.4 Å². The summed E-state index contributed by atoms with van der Waals surface area (Å²) < 4.78 is 5.96. The molecule has 3 heteroatoms. The molecule has 0 saturated carbocycles. The van der Waals surface area contributed by atoms with Crippen LogP contribution >= 0.6 is 0 Å². The molecule has 3 aromatic rings. The Morgan fingerprint density at radius 1 is 0.893 bits per heavy atom. The summed E-state index contributed by atoms with van der Waals surface area (Å²) in [4.78, 5) is 11.3. The van der Waals surface area contributed by atoms with Crippen LogP contribution in [0.25, 0.3) is 17.2 Å². The Bertz CT molecular complexity index is 1000. The van der Waals surface area contributed by atoms with Gasteiger partial charge in [-0.2, -0.15) is 0 Å². The van der Waals surface area contributed by atoms with Crippen LogP contribution < -0.4 is 4.74 Å². The Kier molecular flexibility index (Phi) is 5.24. The fourth-order valence-electron chi connectivity index (χ4n) is 3.51. The van der Waals surface area contributed by atoms with Gasteiger partial charge in [-0.3, -0.25) is 0 Å². The van der Waals surface area contributed by atoms with Gasteiger partial charge < -0.3 is 9.84 Å². The summed E-state index contributed by atoms with van der Waals surface area (Å²) in [5.74, 6) is -0.0774. The molecule has 4 rings (SSSR count). The van der Waals surface area contributed by atoms with E-state index < -0.39 is 5.97 Å². The predicted octanol–water partition coefficient (Wildman–Crippen LogP) is 5.74. The highest BCUT2D eigenvalue weighted by molar-refractivity contribution is 5.92. The zero-order chi connectivity index (χ0) is 19.3. The van der Waals surface area contributed by atoms with Crippen LogP contribution in [0.5, 0.6) is 5.75 Å². The zero-order valence-corrected chi connectivity index (χ0v) is 15.6. The van der Waals surface area contributed by atoms with Crippen molar-refractivity contribution in [2.45, 2.75) is 25.9 Å². The SMILES string of the molecule is O=C(O)C1=Cc2cc(OCc3ccc(-c4ccccc4)cc3)ccc2CCC1. The highest BCUT2D eigenvalue weighted by Crippen LogP contribution is 2.27. The minimum atomic E-state index is -0.835. The molecule has 0 fully saturated rings. The van der Waals surface area contributed by atoms with Crippen LogP contribution in [-0.2, 0) is 17.8 Å². The third kappa shape index (κ3) is 4.15. The van der Waals surface area contributed by atoms with Gasteiger partial charge in [-0.05, 0) is 65.3 Å². The monoisotopic (exact) mass is 370 g/mol. The third-order valence-corrected chi connectivity index (χ3v) is 5.08. The first-order valence-electron chi connectivity index (χ1n) is 9.53. The molecule has 0 atom stereocenters. The number of rotatable bonds is 5. The van der Waals surface area contributed by atoms with E-state index >= 15 is 0 Å². The van der Waals surface area contributed by atoms with E-state index in [9.17, 15) is 9.90 Å². The van der Waals surface area contributed by atoms with Crippen molar-refractivity contribution in [2.75, 3.05) is 0 Å². The van der Waals surface area contributed by atoms with Crippen molar-refractivity contribution in [2.24, 2.45) is 0 Å². The largest absolute Gasteiger partial charge is 0.489 e. The van der Waals surface area contributed by atoms with Crippen LogP contribution in [0.4, 0.5) is 0 Å². The van der Waals surface area contributed by atoms with Crippen molar-refractivity contribution in [3.8, 4) is 16.9 Å². The van der Waals surface area contributed by atoms with E-state index in [1.807, 2.05) is 36.4 Å². The molecular weight excluding hydrogens is 348 g/mol. The number of aryl methyl sites for hydroxylation is 1. The van der Waals surface area contributed by atoms with Gasteiger partial charge >= 0.3 is 5.97 Å². The van der Waals surface area contributed by atoms with E-state index in [0.717, 1.165) is 29.7 Å². The fourth-order valence-corrected chi connectivity index (χ4v) is 3.51. The first-order chi connectivity index (χ1) is 13.7. The van der Waals surface area contributed by atoms with Gasteiger partial charge in [-0.15, -0.1) is 0 Å². The van der Waals surface area contributed by atoms with E-state index in [1.165, 1.54) is 16.7 Å². The van der Waals surface area contributed by atoms with Crippen molar-refractivity contribution >= 4 is 12.0 Å². The van der Waals surface area contributed by atoms with Crippen LogP contribution in [0.2, 0.25) is 0 Å². The van der Waals surface area contributed by atoms with Crippen LogP contribution in [-0.4, -0.2) is 11.1 Å². The van der Waals surface area contributed by atoms with Crippen molar-refractivity contribution in [3.63, 3.8) is 0 Å². The Hall–Kier alpha value is -3.33. The predicted molar refractivity (Wildman–Crippen MR) is 111 cm³/mol. The summed E-state index contributed by atoms with van der Waals surface area (Å²) in [6.07, 6.45) is 4.14. The van der Waals surface area contributed by atoms with Gasteiger partial charge in [0.25, 0.3) is 0 Å². The number of carbonyl (C=O) groups is 1. The third-order valence-electron chi connectivity index (χ3n) is 5.08. The Balaban J connectivity index is 1.47. The maximum atomic E-state index is 11.3. The smallest absolute Gasteiger partial charge is 0.331 e. The summed E-state index contributed by atoms with van der Waals surface area (Å²) in [5.41, 5.74) is 6.06. The van der Waals surface area contributed by atoms with E-state index in [-0.39, 0.29) is 0 Å². The van der Waals surface area contributed by atoms with E-state index in [4.69, 9.17) is 4.74 Å². The lowest BCUT2D eigenvalue weighted by atomic mass is 10.0. The van der Waals surface area contributed by atoms with Gasteiger partial charge in [0.05, 0.1) is 0 Å². The first kappa shape index (κ1) is 18.1. The number of hydrogen-bond acceptors (Lipinski definition) is 2. The molecule has 140 valence electrons. The normalized spacial score (nSPS) is 13.2. The molecular formula is C25H22O3. The average Bonchev–Trinajstić information content (AvgIpc) is 2.95. The number of hydrogen-bond donors (Lipinski definition) is 1. The number of fused-ring (bicyclic) bond motifs is 1. The van der Waals surface area contributed by atoms with Crippen LogP contribution in [0, 0.1) is 0 Å². The summed E-state index contributed by atoms with van der Waals surface area (Å²) in [5, 5.41) is 9.32. The lowest BCUT2D eigenvalue weighted by molar-refractivity contribution is -0.132. The maximum absolute atomic E-state index is 11.3. The second-order valence-corrected chi connectivity index (χ2v) is 7.04. The maximum Gasteiger partial charge on any atom is 0.331 e. The Morgan fingerprint density at radius 2 is 1.64 bits per heavy atom. The van der Waals surface area contributed by atoms with Crippen molar-refractivity contribution < 1.29 is 14.6 Å². The van der Waals surface area contributed by atoms with Gasteiger partial charge in [0.1, 0.15) is 12.4 Å². The molecule has 0 aliphatic heterocycles. The molecule has 28 heavy (non-hydrogen) atoms. The van der Waals surface area contributed by atoms with Gasteiger partial charge in [0.2, 0.25) is 0 Å². The van der Waals surface area contributed by atoms with Crippen molar-refractivity contribution in [1.29, 1.82) is 0 Å². The molecule has 0 aromatic heterocycles. The Labute approximate surface area is 164 Å². The Morgan fingerprint density at radius 3 is 2.39 bits per heavy atom. The molecule has 1 N–H and O–H groups in total. The molecule has 0 bridgehead atoms. The topological polar surface area (TPSA) is 46.5 Å². The van der Waals surface area contributed by atoms with Gasteiger partial charge in [0, 0.05) is 5.57 Å². The highest BCUT2D eigenvalue weighted by atomic mass is 16.5. The molecule has 1 aliphatic carbocycles. The number of carboxylic acid groups (broad SMARTS) is 1. The summed E-state index contributed by atoms with van der Waals surface area (Å²) in [6.45, 7) is 0.476. The summed E-state index contributed by atoms with van der Waals surface area (Å²) >= 11 is 0. The number of benzene rings is 3. The minimum absolute atomic E-state index is 0.465. The summed E-state index contributed by atoms with van der Waals surface area (Å²) in [7, 11) is 0. The van der Waals surface area contributed by atoms with Gasteiger partial charge in [-0.25, -0.2) is 4.79 Å². The molecule has 3 aromatic carbocycles. The second-order valence-electron chi connectivity index (χ2n) is 7.04. The number of aliphatic carboxylic acids is 1. The van der Waals surface area contributed by atoms with Gasteiger partial charge in [-0.1, -0.05) is 60.7 Å². The van der Waals surface area contributed by atoms with Gasteiger partial charge in [0.15, 0.2) is 0 Å². The average molecular weight is 370 g/mol. The van der Waals surface area contributed by atoms with E-state index in [1.54, 1.807) is 6.08 Å². The molecule has 0 spiro atoms. The lowest BCUT2D eigenvalue weighted by Crippen LogP contribution is -1.99. The molecule has 0 radical (unpaired) electrons. The summed E-state index contributed by atoms with van der Waals surface area (Å²) in [6, 6.07) is 24.6. The zero-order valence-electron chi connectivity index (χ0n) is 15.6. The van der Waals surface area contributed by atoms with Crippen molar-refractivity contribution in [1.82, 2.24) is 0 Å². The molecule has 0 saturated heterocycles. The highest BCUT2D eigenvalue weighted by Gasteiger charge is 2.14. The fraction of sp³-hybridized carbons (Fsp3) is 0.160. The van der Waals surface area contributed by atoms with E-state index in [2.05, 4.69) is 36.4 Å². The molecule has 1 aliphatic rings. The van der Waals surface area contributed by atoms with Crippen LogP contribution in [0.1, 0.15) is 29.5 Å². The van der Waals surface area contributed by atoms with Crippen molar-refractivity contribution in [3.05, 3.63) is 95.1 Å². The molecule has 3 nitrogen and oxygen atoms in total. The first-order valence-corrected chi connectivity index (χ1v) is 9.53. The quantitative estimate of drug-likeness (QED) is 0.623. The number of ether oxygens (including phenoxy) is 1. The standard InChI is InChI=1S/C25H22O3/c26-25(27)22-8-4-7-20-13-14-24(16-23(20)15-22)28-17-18-9-11-21(12-10-18)19-5-2-1-3-6-19/h1-3,5-6,9-16H,4,7-8,17H2,(H,26,27). The lowest BCUT2D eigenvalue weighted by Gasteiger charge is -2.10. The van der Waals surface area contributed by atoms with Crippen LogP contribution in [0.3, 0.4) is 0 Å². The second kappa shape index (κ2) is 8.13. The molecule has 0 unspecified atom stereocenters.